The third kappa shape index (κ3) is 3.88. The number of piperazine rings is 1. The van der Waals surface area contributed by atoms with Gasteiger partial charge in [0.15, 0.2) is 5.13 Å². The van der Waals surface area contributed by atoms with Crippen LogP contribution >= 0.6 is 11.3 Å². The van der Waals surface area contributed by atoms with Crippen LogP contribution in [0, 0.1) is 5.92 Å². The number of rotatable bonds is 4. The van der Waals surface area contributed by atoms with Gasteiger partial charge in [0.05, 0.1) is 10.2 Å². The molecule has 2 aromatic rings. The fourth-order valence-electron chi connectivity index (χ4n) is 4.23. The lowest BCUT2D eigenvalue weighted by Gasteiger charge is -2.35. The van der Waals surface area contributed by atoms with Crippen molar-refractivity contribution in [1.82, 2.24) is 9.88 Å². The summed E-state index contributed by atoms with van der Waals surface area (Å²) >= 11 is 1.78. The molecule has 0 bridgehead atoms. The number of hydrogen-bond donors (Lipinski definition) is 0. The maximum atomic E-state index is 12.6. The molecule has 1 amide bonds. The molecular formula is C21H29N3OS. The van der Waals surface area contributed by atoms with Crippen LogP contribution in [0.4, 0.5) is 5.13 Å². The molecule has 0 radical (unpaired) electrons. The van der Waals surface area contributed by atoms with Crippen molar-refractivity contribution in [2.75, 3.05) is 31.1 Å². The van der Waals surface area contributed by atoms with Crippen LogP contribution in [0.5, 0.6) is 0 Å². The van der Waals surface area contributed by atoms with Crippen molar-refractivity contribution in [2.45, 2.75) is 51.9 Å². The summed E-state index contributed by atoms with van der Waals surface area (Å²) in [6, 6.07) is 6.58. The van der Waals surface area contributed by atoms with Crippen molar-refractivity contribution >= 4 is 32.6 Å². The number of anilines is 1. The monoisotopic (exact) mass is 371 g/mol. The molecule has 26 heavy (non-hydrogen) atoms. The lowest BCUT2D eigenvalue weighted by molar-refractivity contribution is -0.132. The summed E-state index contributed by atoms with van der Waals surface area (Å²) in [6.45, 7) is 5.66. The maximum absolute atomic E-state index is 12.6. The minimum Gasteiger partial charge on any atom is -0.345 e. The van der Waals surface area contributed by atoms with Gasteiger partial charge in [0, 0.05) is 32.6 Å². The molecule has 0 atom stereocenters. The molecule has 1 aliphatic heterocycles. The number of amides is 1. The number of carbonyl (C=O) groups excluding carboxylic acids is 1. The number of aryl methyl sites for hydroxylation is 1. The second-order valence-electron chi connectivity index (χ2n) is 7.73. The summed E-state index contributed by atoms with van der Waals surface area (Å²) in [5.74, 6) is 1.000. The quantitative estimate of drug-likeness (QED) is 0.795. The maximum Gasteiger partial charge on any atom is 0.222 e. The average molecular weight is 372 g/mol. The van der Waals surface area contributed by atoms with Crippen molar-refractivity contribution in [3.8, 4) is 0 Å². The zero-order chi connectivity index (χ0) is 17.9. The molecular weight excluding hydrogens is 342 g/mol. The minimum atomic E-state index is 0.369. The van der Waals surface area contributed by atoms with Gasteiger partial charge in [-0.25, -0.2) is 4.98 Å². The second-order valence-corrected chi connectivity index (χ2v) is 8.74. The van der Waals surface area contributed by atoms with Crippen LogP contribution in [0.3, 0.4) is 0 Å². The minimum absolute atomic E-state index is 0.369. The third-order valence-corrected chi connectivity index (χ3v) is 7.02. The molecule has 0 unspecified atom stereocenters. The Balaban J connectivity index is 1.35. The van der Waals surface area contributed by atoms with Crippen LogP contribution in [0.25, 0.3) is 10.2 Å². The first-order valence-electron chi connectivity index (χ1n) is 10.1. The van der Waals surface area contributed by atoms with Crippen LogP contribution in [0.2, 0.25) is 0 Å². The van der Waals surface area contributed by atoms with Crippen LogP contribution < -0.4 is 4.90 Å². The van der Waals surface area contributed by atoms with Gasteiger partial charge in [-0.05, 0) is 42.9 Å². The van der Waals surface area contributed by atoms with E-state index < -0.39 is 0 Å². The first-order valence-corrected chi connectivity index (χ1v) is 11.0. The molecule has 4 nitrogen and oxygen atoms in total. The largest absolute Gasteiger partial charge is 0.345 e. The van der Waals surface area contributed by atoms with Crippen molar-refractivity contribution in [3.63, 3.8) is 0 Å². The fourth-order valence-corrected chi connectivity index (χ4v) is 5.31. The molecule has 1 saturated carbocycles. The van der Waals surface area contributed by atoms with Crippen LogP contribution in [0.1, 0.15) is 51.0 Å². The van der Waals surface area contributed by atoms with Crippen LogP contribution in [0.15, 0.2) is 18.2 Å². The lowest BCUT2D eigenvalue weighted by atomic mass is 9.86. The number of thiazole rings is 1. The normalized spacial score (nSPS) is 19.3. The Morgan fingerprint density at radius 3 is 2.65 bits per heavy atom. The van der Waals surface area contributed by atoms with Gasteiger partial charge >= 0.3 is 0 Å². The number of benzene rings is 1. The number of aromatic nitrogens is 1. The Hall–Kier alpha value is -1.62. The molecule has 1 aromatic heterocycles. The van der Waals surface area contributed by atoms with Gasteiger partial charge in [-0.15, -0.1) is 0 Å². The fraction of sp³-hybridized carbons (Fsp3) is 0.619. The second kappa shape index (κ2) is 7.95. The molecule has 2 aliphatic rings. The first kappa shape index (κ1) is 17.8. The van der Waals surface area contributed by atoms with Gasteiger partial charge in [0.25, 0.3) is 0 Å². The smallest absolute Gasteiger partial charge is 0.222 e. The zero-order valence-corrected chi connectivity index (χ0v) is 16.6. The predicted molar refractivity (Wildman–Crippen MR) is 109 cm³/mol. The van der Waals surface area contributed by atoms with E-state index in [2.05, 4.69) is 34.9 Å². The Morgan fingerprint density at radius 2 is 1.92 bits per heavy atom. The summed E-state index contributed by atoms with van der Waals surface area (Å²) in [5, 5.41) is 1.10. The molecule has 0 N–H and O–H groups in total. The van der Waals surface area contributed by atoms with Crippen molar-refractivity contribution < 1.29 is 4.79 Å². The standard InChI is InChI=1S/C21H29N3OS/c1-2-16-8-9-18-19(14-16)26-21(22-18)24-12-10-23(11-13-24)20(25)15-17-6-4-3-5-7-17/h8-9,14,17H,2-7,10-13,15H2,1H3. The van der Waals surface area contributed by atoms with Gasteiger partial charge in [-0.2, -0.15) is 0 Å². The highest BCUT2D eigenvalue weighted by molar-refractivity contribution is 7.22. The SMILES string of the molecule is CCc1ccc2nc(N3CCN(C(=O)CC4CCCCC4)CC3)sc2c1. The van der Waals surface area contributed by atoms with Crippen molar-refractivity contribution in [2.24, 2.45) is 5.92 Å². The van der Waals surface area contributed by atoms with E-state index in [-0.39, 0.29) is 0 Å². The molecule has 1 saturated heterocycles. The topological polar surface area (TPSA) is 36.4 Å². The molecule has 140 valence electrons. The van der Waals surface area contributed by atoms with E-state index >= 15 is 0 Å². The Kier molecular flexibility index (Phi) is 5.44. The van der Waals surface area contributed by atoms with E-state index in [9.17, 15) is 4.79 Å². The molecule has 2 fully saturated rings. The highest BCUT2D eigenvalue weighted by atomic mass is 32.1. The number of hydrogen-bond acceptors (Lipinski definition) is 4. The van der Waals surface area contributed by atoms with Crippen molar-refractivity contribution in [1.29, 1.82) is 0 Å². The number of nitrogens with zero attached hydrogens (tertiary/aromatic N) is 3. The van der Waals surface area contributed by atoms with Crippen molar-refractivity contribution in [3.05, 3.63) is 23.8 Å². The first-order chi connectivity index (χ1) is 12.7. The van der Waals surface area contributed by atoms with E-state index in [1.807, 2.05) is 0 Å². The van der Waals surface area contributed by atoms with Gasteiger partial charge in [-0.1, -0.05) is 43.6 Å². The van der Waals surface area contributed by atoms with E-state index in [1.54, 1.807) is 11.3 Å². The molecule has 2 heterocycles. The highest BCUT2D eigenvalue weighted by Gasteiger charge is 2.25. The van der Waals surface area contributed by atoms with E-state index in [0.29, 0.717) is 11.8 Å². The van der Waals surface area contributed by atoms with Gasteiger partial charge in [0.2, 0.25) is 5.91 Å². The Morgan fingerprint density at radius 1 is 1.15 bits per heavy atom. The summed E-state index contributed by atoms with van der Waals surface area (Å²) in [5.41, 5.74) is 2.46. The van der Waals surface area contributed by atoms with Crippen LogP contribution in [-0.4, -0.2) is 42.0 Å². The Bertz CT molecular complexity index is 758. The highest BCUT2D eigenvalue weighted by Crippen LogP contribution is 2.31. The van der Waals surface area contributed by atoms with E-state index in [1.165, 1.54) is 42.4 Å². The average Bonchev–Trinajstić information content (AvgIpc) is 3.12. The molecule has 4 rings (SSSR count). The lowest BCUT2D eigenvalue weighted by Crippen LogP contribution is -2.49. The molecule has 0 spiro atoms. The molecule has 5 heteroatoms. The van der Waals surface area contributed by atoms with E-state index in [4.69, 9.17) is 4.98 Å². The van der Waals surface area contributed by atoms with Gasteiger partial charge in [0.1, 0.15) is 0 Å². The molecule has 1 aromatic carbocycles. The predicted octanol–water partition coefficient (Wildman–Crippen LogP) is 4.48. The summed E-state index contributed by atoms with van der Waals surface area (Å²) in [6.07, 6.45) is 8.29. The summed E-state index contributed by atoms with van der Waals surface area (Å²) in [4.78, 5) is 21.9. The summed E-state index contributed by atoms with van der Waals surface area (Å²) in [7, 11) is 0. The third-order valence-electron chi connectivity index (χ3n) is 5.94. The van der Waals surface area contributed by atoms with E-state index in [0.717, 1.165) is 49.7 Å². The number of fused-ring (bicyclic) bond motifs is 1. The molecule has 1 aliphatic carbocycles. The summed E-state index contributed by atoms with van der Waals surface area (Å²) < 4.78 is 1.27. The van der Waals surface area contributed by atoms with Crippen LogP contribution in [-0.2, 0) is 11.2 Å². The van der Waals surface area contributed by atoms with Gasteiger partial charge in [-0.3, -0.25) is 4.79 Å². The Labute approximate surface area is 160 Å². The zero-order valence-electron chi connectivity index (χ0n) is 15.7. The van der Waals surface area contributed by atoms with Gasteiger partial charge < -0.3 is 9.80 Å². The number of carbonyl (C=O) groups is 1.